The second kappa shape index (κ2) is 7.37. The molecule has 1 unspecified atom stereocenters. The molecule has 0 spiro atoms. The van der Waals surface area contributed by atoms with Crippen LogP contribution in [0, 0.1) is 0 Å². The average molecular weight is 370 g/mol. The van der Waals surface area contributed by atoms with Gasteiger partial charge in [0, 0.05) is 30.2 Å². The Morgan fingerprint density at radius 1 is 1.16 bits per heavy atom. The van der Waals surface area contributed by atoms with Crippen LogP contribution in [0.25, 0.3) is 9.88 Å². The van der Waals surface area contributed by atoms with Gasteiger partial charge in [0.1, 0.15) is 10.7 Å². The van der Waals surface area contributed by atoms with E-state index < -0.39 is 0 Å². The van der Waals surface area contributed by atoms with Crippen molar-refractivity contribution in [1.29, 1.82) is 0 Å². The molecular formula is C19H19N3OS2. The maximum absolute atomic E-state index is 12.8. The van der Waals surface area contributed by atoms with Gasteiger partial charge in [-0.25, -0.2) is 4.98 Å². The number of rotatable bonds is 4. The highest BCUT2D eigenvalue weighted by atomic mass is 32.1. The minimum Gasteiger partial charge on any atom is -0.381 e. The normalized spacial score (nSPS) is 17.4. The third-order valence-electron chi connectivity index (χ3n) is 4.31. The van der Waals surface area contributed by atoms with Crippen molar-refractivity contribution < 1.29 is 4.79 Å². The highest BCUT2D eigenvalue weighted by Crippen LogP contribution is 2.28. The summed E-state index contributed by atoms with van der Waals surface area (Å²) in [7, 11) is 0. The molecule has 0 bridgehead atoms. The molecule has 1 amide bonds. The maximum atomic E-state index is 12.8. The maximum Gasteiger partial charge on any atom is 0.273 e. The zero-order valence-corrected chi connectivity index (χ0v) is 15.4. The number of thiazole rings is 1. The summed E-state index contributed by atoms with van der Waals surface area (Å²) in [6.45, 7) is 1.53. The van der Waals surface area contributed by atoms with Gasteiger partial charge in [0.15, 0.2) is 0 Å². The Morgan fingerprint density at radius 3 is 2.84 bits per heavy atom. The van der Waals surface area contributed by atoms with Gasteiger partial charge < -0.3 is 10.2 Å². The SMILES string of the molecule is O=C(c1csc(-c2cccs2)n1)N1CCCC(Nc2ccccc2)C1. The van der Waals surface area contributed by atoms with Crippen LogP contribution >= 0.6 is 22.7 Å². The minimum atomic E-state index is 0.0404. The smallest absolute Gasteiger partial charge is 0.273 e. The van der Waals surface area contributed by atoms with Crippen LogP contribution < -0.4 is 5.32 Å². The summed E-state index contributed by atoms with van der Waals surface area (Å²) in [4.78, 5) is 20.4. The standard InChI is InChI=1S/C19H19N3OS2/c23-19(16-13-25-18(21-16)17-9-5-11-24-17)22-10-4-8-15(12-22)20-14-6-2-1-3-7-14/h1-3,5-7,9,11,13,15,20H,4,8,10,12H2. The van der Waals surface area contributed by atoms with Crippen LogP contribution in [0.4, 0.5) is 5.69 Å². The first-order chi connectivity index (χ1) is 12.3. The molecular weight excluding hydrogens is 350 g/mol. The molecule has 25 heavy (non-hydrogen) atoms. The lowest BCUT2D eigenvalue weighted by Gasteiger charge is -2.33. The monoisotopic (exact) mass is 369 g/mol. The molecule has 4 nitrogen and oxygen atoms in total. The largest absolute Gasteiger partial charge is 0.381 e. The lowest BCUT2D eigenvalue weighted by Crippen LogP contribution is -2.45. The number of benzene rings is 1. The average Bonchev–Trinajstić information content (AvgIpc) is 3.34. The number of nitrogens with zero attached hydrogens (tertiary/aromatic N) is 2. The molecule has 1 atom stereocenters. The quantitative estimate of drug-likeness (QED) is 0.732. The van der Waals surface area contributed by atoms with Crippen molar-refractivity contribution in [2.75, 3.05) is 18.4 Å². The van der Waals surface area contributed by atoms with Crippen molar-refractivity contribution in [3.8, 4) is 9.88 Å². The Labute approximate surface area is 155 Å². The topological polar surface area (TPSA) is 45.2 Å². The van der Waals surface area contributed by atoms with Gasteiger partial charge in [-0.15, -0.1) is 22.7 Å². The van der Waals surface area contributed by atoms with Gasteiger partial charge in [-0.1, -0.05) is 24.3 Å². The number of nitrogens with one attached hydrogen (secondary N) is 1. The third-order valence-corrected chi connectivity index (χ3v) is 6.19. The van der Waals surface area contributed by atoms with Crippen molar-refractivity contribution in [2.24, 2.45) is 0 Å². The first kappa shape index (κ1) is 16.3. The first-order valence-electron chi connectivity index (χ1n) is 8.40. The van der Waals surface area contributed by atoms with Gasteiger partial charge >= 0.3 is 0 Å². The molecule has 6 heteroatoms. The van der Waals surface area contributed by atoms with E-state index >= 15 is 0 Å². The van der Waals surface area contributed by atoms with Crippen molar-refractivity contribution in [1.82, 2.24) is 9.88 Å². The predicted octanol–water partition coefficient (Wildman–Crippen LogP) is 4.59. The molecule has 0 radical (unpaired) electrons. The van der Waals surface area contributed by atoms with Crippen molar-refractivity contribution in [2.45, 2.75) is 18.9 Å². The molecule has 1 aliphatic rings. The van der Waals surface area contributed by atoms with E-state index in [2.05, 4.69) is 22.4 Å². The van der Waals surface area contributed by atoms with Crippen LogP contribution in [0.1, 0.15) is 23.3 Å². The fraction of sp³-hybridized carbons (Fsp3) is 0.263. The van der Waals surface area contributed by atoms with Crippen LogP contribution in [0.2, 0.25) is 0 Å². The van der Waals surface area contributed by atoms with E-state index in [1.165, 1.54) is 11.3 Å². The highest BCUT2D eigenvalue weighted by molar-refractivity contribution is 7.20. The van der Waals surface area contributed by atoms with Crippen LogP contribution in [0.3, 0.4) is 0 Å². The molecule has 1 aliphatic heterocycles. The molecule has 1 aromatic carbocycles. The highest BCUT2D eigenvalue weighted by Gasteiger charge is 2.26. The summed E-state index contributed by atoms with van der Waals surface area (Å²) in [6.07, 6.45) is 2.09. The van der Waals surface area contributed by atoms with E-state index in [0.29, 0.717) is 5.69 Å². The third kappa shape index (κ3) is 3.75. The Hall–Kier alpha value is -2.18. The predicted molar refractivity (Wildman–Crippen MR) is 104 cm³/mol. The van der Waals surface area contributed by atoms with Crippen LogP contribution in [-0.4, -0.2) is 34.9 Å². The molecule has 128 valence electrons. The number of anilines is 1. The van der Waals surface area contributed by atoms with E-state index in [4.69, 9.17) is 0 Å². The van der Waals surface area contributed by atoms with Gasteiger partial charge in [0.25, 0.3) is 5.91 Å². The van der Waals surface area contributed by atoms with E-state index in [1.54, 1.807) is 11.3 Å². The van der Waals surface area contributed by atoms with Crippen molar-refractivity contribution in [3.05, 3.63) is 58.9 Å². The van der Waals surface area contributed by atoms with E-state index in [-0.39, 0.29) is 11.9 Å². The number of carbonyl (C=O) groups is 1. The number of thiophene rings is 1. The first-order valence-corrected chi connectivity index (χ1v) is 10.2. The van der Waals surface area contributed by atoms with E-state index in [1.807, 2.05) is 46.0 Å². The number of carbonyl (C=O) groups excluding carboxylic acids is 1. The molecule has 1 N–H and O–H groups in total. The summed E-state index contributed by atoms with van der Waals surface area (Å²) in [6, 6.07) is 14.5. The van der Waals surface area contributed by atoms with E-state index in [9.17, 15) is 4.79 Å². The molecule has 0 aliphatic carbocycles. The Morgan fingerprint density at radius 2 is 2.04 bits per heavy atom. The zero-order valence-electron chi connectivity index (χ0n) is 13.7. The Kier molecular flexibility index (Phi) is 4.81. The summed E-state index contributed by atoms with van der Waals surface area (Å²) in [5.41, 5.74) is 1.67. The Balaban J connectivity index is 1.43. The number of amides is 1. The second-order valence-corrected chi connectivity index (χ2v) is 7.92. The summed E-state index contributed by atoms with van der Waals surface area (Å²) < 4.78 is 0. The lowest BCUT2D eigenvalue weighted by atomic mass is 10.0. The van der Waals surface area contributed by atoms with Gasteiger partial charge in [-0.3, -0.25) is 4.79 Å². The van der Waals surface area contributed by atoms with Gasteiger partial charge in [-0.2, -0.15) is 0 Å². The molecule has 1 saturated heterocycles. The second-order valence-electron chi connectivity index (χ2n) is 6.12. The number of piperidine rings is 1. The molecule has 2 aromatic heterocycles. The van der Waals surface area contributed by atoms with Crippen LogP contribution in [0.5, 0.6) is 0 Å². The fourth-order valence-electron chi connectivity index (χ4n) is 3.10. The lowest BCUT2D eigenvalue weighted by molar-refractivity contribution is 0.0710. The van der Waals surface area contributed by atoms with Gasteiger partial charge in [-0.05, 0) is 36.4 Å². The van der Waals surface area contributed by atoms with E-state index in [0.717, 1.165) is 41.5 Å². The molecule has 4 rings (SSSR count). The van der Waals surface area contributed by atoms with Crippen LogP contribution in [0.15, 0.2) is 53.2 Å². The number of hydrogen-bond acceptors (Lipinski definition) is 5. The minimum absolute atomic E-state index is 0.0404. The summed E-state index contributed by atoms with van der Waals surface area (Å²) >= 11 is 3.19. The number of para-hydroxylation sites is 1. The Bertz CT molecular complexity index is 829. The molecule has 0 saturated carbocycles. The number of aromatic nitrogens is 1. The van der Waals surface area contributed by atoms with Gasteiger partial charge in [0.2, 0.25) is 0 Å². The molecule has 1 fully saturated rings. The molecule has 3 aromatic rings. The fourth-order valence-corrected chi connectivity index (χ4v) is 4.70. The summed E-state index contributed by atoms with van der Waals surface area (Å²) in [5, 5.41) is 8.37. The van der Waals surface area contributed by atoms with Crippen molar-refractivity contribution >= 4 is 34.3 Å². The summed E-state index contributed by atoms with van der Waals surface area (Å²) in [5.74, 6) is 0.0404. The molecule has 3 heterocycles. The van der Waals surface area contributed by atoms with Gasteiger partial charge in [0.05, 0.1) is 4.88 Å². The number of hydrogen-bond donors (Lipinski definition) is 1. The van der Waals surface area contributed by atoms with Crippen LogP contribution in [-0.2, 0) is 0 Å². The zero-order chi connectivity index (χ0) is 17.1. The number of likely N-dealkylation sites (tertiary alicyclic amines) is 1. The van der Waals surface area contributed by atoms with Crippen molar-refractivity contribution in [3.63, 3.8) is 0 Å².